The van der Waals surface area contributed by atoms with E-state index in [4.69, 9.17) is 10.00 Å². The van der Waals surface area contributed by atoms with E-state index >= 15 is 0 Å². The van der Waals surface area contributed by atoms with E-state index in [1.165, 1.54) is 12.5 Å². The molecule has 1 aromatic heterocycles. The summed E-state index contributed by atoms with van der Waals surface area (Å²) < 4.78 is 34.7. The van der Waals surface area contributed by atoms with E-state index in [1.807, 2.05) is 0 Å². The van der Waals surface area contributed by atoms with Crippen molar-refractivity contribution in [2.24, 2.45) is 18.9 Å². The highest BCUT2D eigenvalue weighted by Gasteiger charge is 2.40. The Morgan fingerprint density at radius 2 is 1.90 bits per heavy atom. The van der Waals surface area contributed by atoms with Crippen molar-refractivity contribution in [1.29, 1.82) is 5.26 Å². The average Bonchev–Trinajstić information content (AvgIpc) is 3.19. The van der Waals surface area contributed by atoms with Crippen molar-refractivity contribution in [1.82, 2.24) is 18.8 Å². The van der Waals surface area contributed by atoms with Gasteiger partial charge in [-0.1, -0.05) is 0 Å². The molecular weight excluding hydrogens is 418 g/mol. The predicted octanol–water partition coefficient (Wildman–Crippen LogP) is 0.674. The van der Waals surface area contributed by atoms with E-state index in [-0.39, 0.29) is 23.5 Å². The third-order valence-electron chi connectivity index (χ3n) is 5.80. The molecule has 2 aliphatic rings. The molecule has 0 spiro atoms. The molecular formula is C21H27N5O4S. The Balaban J connectivity index is 1.29. The highest BCUT2D eigenvalue weighted by molar-refractivity contribution is 7.89. The van der Waals surface area contributed by atoms with E-state index in [9.17, 15) is 13.5 Å². The second kappa shape index (κ2) is 8.96. The molecule has 4 rings (SSSR count). The number of ether oxygens (including phenoxy) is 1. The highest BCUT2D eigenvalue weighted by atomic mass is 32.2. The standard InChI is InChI=1S/C21H27N5O4S/c1-24-13-21(23-15-24)31(28,29)26-10-17-6-18(11-26)9-25(8-17)12-19(27)14-30-20-4-2-16(7-22)3-5-20/h2-5,13,15,17-19,27H,6,8-12,14H2,1H3. The lowest BCUT2D eigenvalue weighted by molar-refractivity contribution is 0.0168. The van der Waals surface area contributed by atoms with Gasteiger partial charge in [-0.25, -0.2) is 13.4 Å². The summed E-state index contributed by atoms with van der Waals surface area (Å²) in [7, 11) is -1.82. The third kappa shape index (κ3) is 5.07. The number of piperidine rings is 2. The zero-order valence-corrected chi connectivity index (χ0v) is 18.3. The molecule has 3 atom stereocenters. The number of hydrogen-bond donors (Lipinski definition) is 1. The SMILES string of the molecule is Cn1cnc(S(=O)(=O)N2CC3CC(CN(CC(O)COc4ccc(C#N)cc4)C3)C2)c1. The van der Waals surface area contributed by atoms with E-state index in [0.29, 0.717) is 30.9 Å². The van der Waals surface area contributed by atoms with Crippen LogP contribution in [0.15, 0.2) is 41.8 Å². The van der Waals surface area contributed by atoms with E-state index in [1.54, 1.807) is 40.2 Å². The van der Waals surface area contributed by atoms with Crippen LogP contribution in [0.25, 0.3) is 0 Å². The second-order valence-corrected chi connectivity index (χ2v) is 10.4. The summed E-state index contributed by atoms with van der Waals surface area (Å²) in [6.07, 6.45) is 3.39. The molecule has 2 saturated heterocycles. The number of imidazole rings is 1. The normalized spacial score (nSPS) is 23.3. The Kier molecular flexibility index (Phi) is 6.29. The molecule has 1 N–H and O–H groups in total. The van der Waals surface area contributed by atoms with Gasteiger partial charge in [0.25, 0.3) is 10.0 Å². The molecule has 3 unspecified atom stereocenters. The van der Waals surface area contributed by atoms with Crippen molar-refractivity contribution in [2.45, 2.75) is 17.6 Å². The smallest absolute Gasteiger partial charge is 0.262 e. The molecule has 0 saturated carbocycles. The first kappa shape index (κ1) is 21.8. The molecule has 9 nitrogen and oxygen atoms in total. The van der Waals surface area contributed by atoms with Gasteiger partial charge in [-0.3, -0.25) is 4.90 Å². The minimum Gasteiger partial charge on any atom is -0.491 e. The minimum absolute atomic E-state index is 0.0993. The number of benzene rings is 1. The summed E-state index contributed by atoms with van der Waals surface area (Å²) in [6, 6.07) is 8.85. The summed E-state index contributed by atoms with van der Waals surface area (Å²) in [5, 5.41) is 19.4. The number of sulfonamides is 1. The Labute approximate surface area is 182 Å². The van der Waals surface area contributed by atoms with Crippen molar-refractivity contribution in [2.75, 3.05) is 39.3 Å². The number of aryl methyl sites for hydroxylation is 1. The van der Waals surface area contributed by atoms with Gasteiger partial charge in [0.15, 0.2) is 5.03 Å². The first-order valence-electron chi connectivity index (χ1n) is 10.3. The van der Waals surface area contributed by atoms with Crippen LogP contribution >= 0.6 is 0 Å². The summed E-state index contributed by atoms with van der Waals surface area (Å²) >= 11 is 0. The molecule has 31 heavy (non-hydrogen) atoms. The molecule has 2 aromatic rings. The van der Waals surface area contributed by atoms with Crippen LogP contribution in [0, 0.1) is 23.2 Å². The molecule has 2 aliphatic heterocycles. The van der Waals surface area contributed by atoms with Gasteiger partial charge in [-0.05, 0) is 42.5 Å². The molecule has 2 fully saturated rings. The summed E-state index contributed by atoms with van der Waals surface area (Å²) in [5.41, 5.74) is 0.562. The van der Waals surface area contributed by atoms with Gasteiger partial charge in [-0.2, -0.15) is 9.57 Å². The molecule has 0 amide bonds. The number of aromatic nitrogens is 2. The van der Waals surface area contributed by atoms with Crippen molar-refractivity contribution < 1.29 is 18.3 Å². The van der Waals surface area contributed by atoms with Crippen LogP contribution in [-0.4, -0.2) is 77.7 Å². The van der Waals surface area contributed by atoms with Crippen LogP contribution in [0.5, 0.6) is 5.75 Å². The third-order valence-corrected chi connectivity index (χ3v) is 7.52. The first-order chi connectivity index (χ1) is 14.8. The largest absolute Gasteiger partial charge is 0.491 e. The van der Waals surface area contributed by atoms with Gasteiger partial charge in [0.05, 0.1) is 18.0 Å². The molecule has 3 heterocycles. The van der Waals surface area contributed by atoms with Gasteiger partial charge >= 0.3 is 0 Å². The van der Waals surface area contributed by atoms with E-state index in [0.717, 1.165) is 19.5 Å². The fourth-order valence-electron chi connectivity index (χ4n) is 4.51. The number of rotatable bonds is 7. The number of fused-ring (bicyclic) bond motifs is 2. The number of aliphatic hydroxyl groups is 1. The highest BCUT2D eigenvalue weighted by Crippen LogP contribution is 2.31. The quantitative estimate of drug-likeness (QED) is 0.667. The lowest BCUT2D eigenvalue weighted by Crippen LogP contribution is -2.55. The number of likely N-dealkylation sites (tertiary alicyclic amines) is 1. The Bertz CT molecular complexity index is 1030. The van der Waals surface area contributed by atoms with Gasteiger partial charge in [0.1, 0.15) is 18.5 Å². The van der Waals surface area contributed by atoms with Crippen LogP contribution in [0.4, 0.5) is 0 Å². The Hall–Kier alpha value is -2.45. The van der Waals surface area contributed by atoms with Gasteiger partial charge in [-0.15, -0.1) is 0 Å². The number of nitrogens with zero attached hydrogens (tertiary/aromatic N) is 5. The van der Waals surface area contributed by atoms with Gasteiger partial charge in [0.2, 0.25) is 0 Å². The number of hydrogen-bond acceptors (Lipinski definition) is 7. The zero-order chi connectivity index (χ0) is 22.0. The van der Waals surface area contributed by atoms with Gasteiger partial charge in [0, 0.05) is 46.0 Å². The number of nitriles is 1. The summed E-state index contributed by atoms with van der Waals surface area (Å²) in [5.74, 6) is 1.08. The van der Waals surface area contributed by atoms with Gasteiger partial charge < -0.3 is 14.4 Å². The maximum atomic E-state index is 12.9. The number of aliphatic hydroxyl groups excluding tert-OH is 1. The molecule has 2 bridgehead atoms. The lowest BCUT2D eigenvalue weighted by Gasteiger charge is -2.45. The average molecular weight is 446 g/mol. The maximum Gasteiger partial charge on any atom is 0.262 e. The van der Waals surface area contributed by atoms with Crippen LogP contribution in [0.1, 0.15) is 12.0 Å². The van der Waals surface area contributed by atoms with E-state index < -0.39 is 16.1 Å². The monoisotopic (exact) mass is 445 g/mol. The predicted molar refractivity (Wildman–Crippen MR) is 113 cm³/mol. The van der Waals surface area contributed by atoms with Crippen molar-refractivity contribution in [3.8, 4) is 11.8 Å². The molecule has 166 valence electrons. The Morgan fingerprint density at radius 3 is 2.48 bits per heavy atom. The van der Waals surface area contributed by atoms with Crippen molar-refractivity contribution >= 4 is 10.0 Å². The number of β-amino-alcohol motifs (C(OH)–C–C–N with tert-alkyl or cyclic N) is 1. The Morgan fingerprint density at radius 1 is 1.23 bits per heavy atom. The van der Waals surface area contributed by atoms with E-state index in [2.05, 4.69) is 16.0 Å². The molecule has 10 heteroatoms. The first-order valence-corrected chi connectivity index (χ1v) is 11.8. The lowest BCUT2D eigenvalue weighted by atomic mass is 9.85. The van der Waals surface area contributed by atoms with Crippen molar-refractivity contribution in [3.05, 3.63) is 42.4 Å². The fourth-order valence-corrected chi connectivity index (χ4v) is 6.07. The van der Waals surface area contributed by atoms with Crippen LogP contribution in [0.2, 0.25) is 0 Å². The molecule has 1 aromatic carbocycles. The van der Waals surface area contributed by atoms with Crippen molar-refractivity contribution in [3.63, 3.8) is 0 Å². The molecule has 0 aliphatic carbocycles. The van der Waals surface area contributed by atoms with Crippen LogP contribution in [0.3, 0.4) is 0 Å². The fraction of sp³-hybridized carbons (Fsp3) is 0.524. The zero-order valence-electron chi connectivity index (χ0n) is 17.5. The topological polar surface area (TPSA) is 112 Å². The maximum absolute atomic E-state index is 12.9. The van der Waals surface area contributed by atoms with Crippen LogP contribution < -0.4 is 4.74 Å². The molecule has 0 radical (unpaired) electrons. The second-order valence-electron chi connectivity index (χ2n) is 8.49. The van der Waals surface area contributed by atoms with Crippen LogP contribution in [-0.2, 0) is 17.1 Å². The summed E-state index contributed by atoms with van der Waals surface area (Å²) in [6.45, 7) is 3.10. The summed E-state index contributed by atoms with van der Waals surface area (Å²) in [4.78, 5) is 6.23. The minimum atomic E-state index is -3.57.